The fourth-order valence-electron chi connectivity index (χ4n) is 2.00. The first-order chi connectivity index (χ1) is 7.50. The molecule has 0 amide bonds. The second-order valence-electron chi connectivity index (χ2n) is 4.62. The van der Waals surface area contributed by atoms with Crippen LogP contribution < -0.4 is 5.73 Å². The molecule has 0 radical (unpaired) electrons. The molecule has 2 atom stereocenters. The molecule has 0 aliphatic rings. The highest BCUT2D eigenvalue weighted by molar-refractivity contribution is 5.90. The van der Waals surface area contributed by atoms with E-state index in [1.54, 1.807) is 6.92 Å². The second-order valence-corrected chi connectivity index (χ2v) is 4.62. The lowest BCUT2D eigenvalue weighted by Crippen LogP contribution is -2.44. The van der Waals surface area contributed by atoms with E-state index in [2.05, 4.69) is 6.92 Å². The van der Waals surface area contributed by atoms with Crippen LogP contribution in [-0.2, 0) is 10.3 Å². The van der Waals surface area contributed by atoms with Crippen molar-refractivity contribution in [3.8, 4) is 0 Å². The lowest BCUT2D eigenvalue weighted by atomic mass is 9.81. The molecular formula is C14H21NO. The van der Waals surface area contributed by atoms with Crippen molar-refractivity contribution in [2.24, 2.45) is 11.7 Å². The number of hydrogen-bond donors (Lipinski definition) is 1. The van der Waals surface area contributed by atoms with Crippen molar-refractivity contribution < 1.29 is 4.79 Å². The Kier molecular flexibility index (Phi) is 4.25. The molecule has 2 heteroatoms. The van der Waals surface area contributed by atoms with Crippen molar-refractivity contribution in [3.05, 3.63) is 35.9 Å². The maximum absolute atomic E-state index is 12.2. The van der Waals surface area contributed by atoms with Gasteiger partial charge in [0.2, 0.25) is 0 Å². The Morgan fingerprint density at radius 1 is 1.38 bits per heavy atom. The maximum Gasteiger partial charge on any atom is 0.159 e. The zero-order chi connectivity index (χ0) is 12.2. The molecule has 0 saturated carbocycles. The maximum atomic E-state index is 12.2. The molecule has 88 valence electrons. The van der Waals surface area contributed by atoms with Crippen LogP contribution in [0.15, 0.2) is 30.3 Å². The zero-order valence-electron chi connectivity index (χ0n) is 10.4. The second kappa shape index (κ2) is 5.26. The first-order valence-electron chi connectivity index (χ1n) is 5.88. The molecule has 1 rings (SSSR count). The number of carbonyl (C=O) groups excluding carboxylic acids is 1. The molecule has 2 N–H and O–H groups in total. The Bertz CT molecular complexity index is 343. The van der Waals surface area contributed by atoms with E-state index in [9.17, 15) is 4.79 Å². The number of ketones is 1. The number of benzene rings is 1. The van der Waals surface area contributed by atoms with Gasteiger partial charge in [0, 0.05) is 5.92 Å². The summed E-state index contributed by atoms with van der Waals surface area (Å²) in [7, 11) is 0. The Hall–Kier alpha value is -1.15. The van der Waals surface area contributed by atoms with E-state index >= 15 is 0 Å². The number of carbonyl (C=O) groups is 1. The van der Waals surface area contributed by atoms with Crippen LogP contribution in [0, 0.1) is 5.92 Å². The fraction of sp³-hybridized carbons (Fsp3) is 0.500. The Balaban J connectivity index is 2.89. The minimum atomic E-state index is -0.865. The van der Waals surface area contributed by atoms with Crippen LogP contribution in [0.1, 0.15) is 39.2 Å². The van der Waals surface area contributed by atoms with Gasteiger partial charge in [0.25, 0.3) is 0 Å². The van der Waals surface area contributed by atoms with E-state index in [4.69, 9.17) is 5.73 Å². The summed E-state index contributed by atoms with van der Waals surface area (Å²) in [6, 6.07) is 9.59. The van der Waals surface area contributed by atoms with Crippen molar-refractivity contribution in [1.82, 2.24) is 0 Å². The van der Waals surface area contributed by atoms with Gasteiger partial charge in [-0.15, -0.1) is 0 Å². The van der Waals surface area contributed by atoms with Gasteiger partial charge in [-0.1, -0.05) is 50.6 Å². The average Bonchev–Trinajstić information content (AvgIpc) is 2.29. The third kappa shape index (κ3) is 2.70. The summed E-state index contributed by atoms with van der Waals surface area (Å²) in [6.45, 7) is 5.84. The molecular weight excluding hydrogens is 198 g/mol. The summed E-state index contributed by atoms with van der Waals surface area (Å²) >= 11 is 0. The van der Waals surface area contributed by atoms with Crippen molar-refractivity contribution >= 4 is 5.78 Å². The van der Waals surface area contributed by atoms with E-state index < -0.39 is 5.54 Å². The number of rotatable bonds is 5. The Labute approximate surface area is 97.9 Å². The van der Waals surface area contributed by atoms with Crippen LogP contribution in [0.25, 0.3) is 0 Å². The highest BCUT2D eigenvalue weighted by Crippen LogP contribution is 2.24. The quantitative estimate of drug-likeness (QED) is 0.827. The number of hydrogen-bond acceptors (Lipinski definition) is 2. The zero-order valence-corrected chi connectivity index (χ0v) is 10.4. The molecule has 2 unspecified atom stereocenters. The third-order valence-corrected chi connectivity index (χ3v) is 3.05. The van der Waals surface area contributed by atoms with Crippen LogP contribution in [0.5, 0.6) is 0 Å². The Morgan fingerprint density at radius 2 is 1.94 bits per heavy atom. The Morgan fingerprint density at radius 3 is 2.44 bits per heavy atom. The van der Waals surface area contributed by atoms with Crippen molar-refractivity contribution in [2.75, 3.05) is 0 Å². The van der Waals surface area contributed by atoms with E-state index in [1.807, 2.05) is 37.3 Å². The topological polar surface area (TPSA) is 43.1 Å². The largest absolute Gasteiger partial charge is 0.315 e. The van der Waals surface area contributed by atoms with Gasteiger partial charge in [-0.05, 0) is 18.9 Å². The van der Waals surface area contributed by atoms with Crippen LogP contribution in [0.4, 0.5) is 0 Å². The normalized spacial score (nSPS) is 16.5. The molecule has 0 aromatic heterocycles. The van der Waals surface area contributed by atoms with Crippen LogP contribution in [-0.4, -0.2) is 5.78 Å². The van der Waals surface area contributed by atoms with E-state index in [1.165, 1.54) is 0 Å². The van der Waals surface area contributed by atoms with Crippen molar-refractivity contribution in [3.63, 3.8) is 0 Å². The van der Waals surface area contributed by atoms with Gasteiger partial charge in [0.15, 0.2) is 5.78 Å². The van der Waals surface area contributed by atoms with Crippen LogP contribution in [0.3, 0.4) is 0 Å². The SMILES string of the molecule is CCCC(C)C(=O)C(C)(N)c1ccccc1. The van der Waals surface area contributed by atoms with Gasteiger partial charge in [-0.2, -0.15) is 0 Å². The highest BCUT2D eigenvalue weighted by Gasteiger charge is 2.33. The predicted molar refractivity (Wildman–Crippen MR) is 67.1 cm³/mol. The molecule has 1 aromatic carbocycles. The molecule has 0 spiro atoms. The summed E-state index contributed by atoms with van der Waals surface area (Å²) in [5, 5.41) is 0. The molecule has 0 bridgehead atoms. The molecule has 2 nitrogen and oxygen atoms in total. The van der Waals surface area contributed by atoms with Crippen LogP contribution >= 0.6 is 0 Å². The van der Waals surface area contributed by atoms with Crippen LogP contribution in [0.2, 0.25) is 0 Å². The number of nitrogens with two attached hydrogens (primary N) is 1. The monoisotopic (exact) mass is 219 g/mol. The van der Waals surface area contributed by atoms with Gasteiger partial charge in [0.05, 0.1) is 5.54 Å². The number of Topliss-reactive ketones (excluding diaryl/α,β-unsaturated/α-hetero) is 1. The van der Waals surface area contributed by atoms with Gasteiger partial charge in [-0.25, -0.2) is 0 Å². The molecule has 0 aliphatic carbocycles. The lowest BCUT2D eigenvalue weighted by Gasteiger charge is -2.26. The lowest BCUT2D eigenvalue weighted by molar-refractivity contribution is -0.127. The summed E-state index contributed by atoms with van der Waals surface area (Å²) in [6.07, 6.45) is 1.91. The van der Waals surface area contributed by atoms with Gasteiger partial charge < -0.3 is 5.73 Å². The highest BCUT2D eigenvalue weighted by atomic mass is 16.1. The summed E-state index contributed by atoms with van der Waals surface area (Å²) in [5.41, 5.74) is 6.19. The molecule has 0 aliphatic heterocycles. The molecule has 0 fully saturated rings. The van der Waals surface area contributed by atoms with E-state index in [0.29, 0.717) is 0 Å². The van der Waals surface area contributed by atoms with Crippen molar-refractivity contribution in [1.29, 1.82) is 0 Å². The smallest absolute Gasteiger partial charge is 0.159 e. The third-order valence-electron chi connectivity index (χ3n) is 3.05. The minimum absolute atomic E-state index is 0.0280. The first-order valence-corrected chi connectivity index (χ1v) is 5.88. The minimum Gasteiger partial charge on any atom is -0.315 e. The summed E-state index contributed by atoms with van der Waals surface area (Å²) in [5.74, 6) is 0.153. The standard InChI is InChI=1S/C14H21NO/c1-4-8-11(2)13(16)14(3,15)12-9-6-5-7-10-12/h5-7,9-11H,4,8,15H2,1-3H3. The first kappa shape index (κ1) is 12.9. The molecule has 0 saturated heterocycles. The molecule has 1 aromatic rings. The van der Waals surface area contributed by atoms with Gasteiger partial charge in [0.1, 0.15) is 0 Å². The van der Waals surface area contributed by atoms with E-state index in [-0.39, 0.29) is 11.7 Å². The summed E-state index contributed by atoms with van der Waals surface area (Å²) in [4.78, 5) is 12.2. The average molecular weight is 219 g/mol. The fourth-order valence-corrected chi connectivity index (χ4v) is 2.00. The molecule has 0 heterocycles. The summed E-state index contributed by atoms with van der Waals surface area (Å²) < 4.78 is 0. The molecule has 16 heavy (non-hydrogen) atoms. The van der Waals surface area contributed by atoms with E-state index in [0.717, 1.165) is 18.4 Å². The van der Waals surface area contributed by atoms with Crippen molar-refractivity contribution in [2.45, 2.75) is 39.2 Å². The van der Waals surface area contributed by atoms with Gasteiger partial charge in [-0.3, -0.25) is 4.79 Å². The predicted octanol–water partition coefficient (Wildman–Crippen LogP) is 2.87. The van der Waals surface area contributed by atoms with Gasteiger partial charge >= 0.3 is 0 Å².